The van der Waals surface area contributed by atoms with Crippen molar-refractivity contribution >= 4 is 12.0 Å². The summed E-state index contributed by atoms with van der Waals surface area (Å²) in [5, 5.41) is 8.69. The summed E-state index contributed by atoms with van der Waals surface area (Å²) in [6, 6.07) is 1.63. The van der Waals surface area contributed by atoms with Crippen molar-refractivity contribution in [2.75, 3.05) is 0 Å². The molecule has 1 aromatic rings. The van der Waals surface area contributed by atoms with Gasteiger partial charge in [-0.3, -0.25) is 0 Å². The zero-order valence-corrected chi connectivity index (χ0v) is 5.82. The van der Waals surface area contributed by atoms with E-state index in [1.54, 1.807) is 12.3 Å². The van der Waals surface area contributed by atoms with E-state index in [4.69, 9.17) is 5.11 Å². The molecular weight excluding hydrogens is 142 g/mol. The Labute approximate surface area is 63.6 Å². The third-order valence-electron chi connectivity index (χ3n) is 1.81. The second kappa shape index (κ2) is 1.99. The molecule has 56 valence electrons. The number of carbonyl (C=O) groups is 1. The second-order valence-electron chi connectivity index (χ2n) is 2.47. The van der Waals surface area contributed by atoms with Crippen molar-refractivity contribution in [3.63, 3.8) is 0 Å². The Bertz CT molecular complexity index is 336. The van der Waals surface area contributed by atoms with Crippen LogP contribution in [0, 0.1) is 0 Å². The number of hydrogen-bond donors (Lipinski definition) is 1. The van der Waals surface area contributed by atoms with Crippen molar-refractivity contribution in [3.8, 4) is 0 Å². The standard InChI is InChI=1S/C8H7NO2/c10-8(11)6-3-5-9-4-1-2-7(6)9/h1-3,5H,4H2,(H,10,11). The van der Waals surface area contributed by atoms with Gasteiger partial charge in [0.1, 0.15) is 0 Å². The molecular formula is C8H7NO2. The summed E-state index contributed by atoms with van der Waals surface area (Å²) in [6.07, 6.45) is 5.57. The van der Waals surface area contributed by atoms with Crippen molar-refractivity contribution in [1.29, 1.82) is 0 Å². The average Bonchev–Trinajstić information content (AvgIpc) is 2.41. The van der Waals surface area contributed by atoms with E-state index in [1.165, 1.54) is 0 Å². The molecule has 2 rings (SSSR count). The maximum Gasteiger partial charge on any atom is 0.337 e. The summed E-state index contributed by atoms with van der Waals surface area (Å²) in [7, 11) is 0. The second-order valence-corrected chi connectivity index (χ2v) is 2.47. The molecule has 3 heteroatoms. The molecule has 11 heavy (non-hydrogen) atoms. The molecule has 1 aromatic heterocycles. The van der Waals surface area contributed by atoms with Gasteiger partial charge in [-0.05, 0) is 12.1 Å². The van der Waals surface area contributed by atoms with Gasteiger partial charge in [0.05, 0.1) is 11.3 Å². The van der Waals surface area contributed by atoms with Gasteiger partial charge in [-0.1, -0.05) is 6.08 Å². The summed E-state index contributed by atoms with van der Waals surface area (Å²) in [5.41, 5.74) is 1.19. The third-order valence-corrected chi connectivity index (χ3v) is 1.81. The van der Waals surface area contributed by atoms with Crippen molar-refractivity contribution in [1.82, 2.24) is 4.57 Å². The first-order valence-electron chi connectivity index (χ1n) is 3.38. The summed E-state index contributed by atoms with van der Waals surface area (Å²) in [4.78, 5) is 10.6. The van der Waals surface area contributed by atoms with Gasteiger partial charge >= 0.3 is 5.97 Å². The fourth-order valence-electron chi connectivity index (χ4n) is 1.29. The number of aromatic carboxylic acids is 1. The van der Waals surface area contributed by atoms with Crippen molar-refractivity contribution in [2.24, 2.45) is 0 Å². The Morgan fingerprint density at radius 1 is 1.64 bits per heavy atom. The van der Waals surface area contributed by atoms with E-state index in [0.717, 1.165) is 12.2 Å². The molecule has 0 radical (unpaired) electrons. The molecule has 1 aliphatic heterocycles. The van der Waals surface area contributed by atoms with E-state index in [2.05, 4.69) is 0 Å². The third kappa shape index (κ3) is 0.774. The fraction of sp³-hybridized carbons (Fsp3) is 0.125. The van der Waals surface area contributed by atoms with Crippen LogP contribution in [0.2, 0.25) is 0 Å². The van der Waals surface area contributed by atoms with Crippen LogP contribution in [0.3, 0.4) is 0 Å². The first kappa shape index (κ1) is 6.22. The molecule has 0 aromatic carbocycles. The topological polar surface area (TPSA) is 42.2 Å². The van der Waals surface area contributed by atoms with Crippen LogP contribution in [-0.4, -0.2) is 15.6 Å². The lowest BCUT2D eigenvalue weighted by Crippen LogP contribution is -1.98. The fourth-order valence-corrected chi connectivity index (χ4v) is 1.29. The van der Waals surface area contributed by atoms with E-state index >= 15 is 0 Å². The van der Waals surface area contributed by atoms with Crippen LogP contribution in [0.5, 0.6) is 0 Å². The van der Waals surface area contributed by atoms with Gasteiger partial charge in [-0.2, -0.15) is 0 Å². The minimum atomic E-state index is -0.856. The average molecular weight is 149 g/mol. The van der Waals surface area contributed by atoms with Gasteiger partial charge in [0.25, 0.3) is 0 Å². The number of carboxylic acids is 1. The zero-order valence-electron chi connectivity index (χ0n) is 5.82. The number of carboxylic acid groups (broad SMARTS) is 1. The molecule has 3 nitrogen and oxygen atoms in total. The predicted octanol–water partition coefficient (Wildman–Crippen LogP) is 1.21. The number of hydrogen-bond acceptors (Lipinski definition) is 1. The smallest absolute Gasteiger partial charge is 0.337 e. The summed E-state index contributed by atoms with van der Waals surface area (Å²) >= 11 is 0. The Balaban J connectivity index is 2.58. The SMILES string of the molecule is O=C(O)c1ccn2c1C=CC2. The van der Waals surface area contributed by atoms with Crippen molar-refractivity contribution < 1.29 is 9.90 Å². The summed E-state index contributed by atoms with van der Waals surface area (Å²) in [6.45, 7) is 0.794. The number of rotatable bonds is 1. The minimum absolute atomic E-state index is 0.388. The van der Waals surface area contributed by atoms with E-state index < -0.39 is 5.97 Å². The van der Waals surface area contributed by atoms with Crippen LogP contribution in [0.1, 0.15) is 16.1 Å². The number of aromatic nitrogens is 1. The van der Waals surface area contributed by atoms with E-state index in [9.17, 15) is 4.79 Å². The van der Waals surface area contributed by atoms with E-state index in [-0.39, 0.29) is 0 Å². The van der Waals surface area contributed by atoms with Crippen LogP contribution in [-0.2, 0) is 6.54 Å². The zero-order chi connectivity index (χ0) is 7.84. The summed E-state index contributed by atoms with van der Waals surface area (Å²) < 4.78 is 1.91. The molecule has 0 fully saturated rings. The molecule has 0 aliphatic carbocycles. The molecule has 0 saturated carbocycles. The lowest BCUT2D eigenvalue weighted by Gasteiger charge is -1.94. The van der Waals surface area contributed by atoms with Crippen LogP contribution in [0.4, 0.5) is 0 Å². The highest BCUT2D eigenvalue weighted by Gasteiger charge is 2.14. The van der Waals surface area contributed by atoms with Gasteiger partial charge in [0.2, 0.25) is 0 Å². The molecule has 0 saturated heterocycles. The predicted molar refractivity (Wildman–Crippen MR) is 40.4 cm³/mol. The number of nitrogens with zero attached hydrogens (tertiary/aromatic N) is 1. The first-order chi connectivity index (χ1) is 5.29. The Morgan fingerprint density at radius 2 is 2.45 bits per heavy atom. The lowest BCUT2D eigenvalue weighted by atomic mass is 10.2. The summed E-state index contributed by atoms with van der Waals surface area (Å²) in [5.74, 6) is -0.856. The molecule has 1 N–H and O–H groups in total. The highest BCUT2D eigenvalue weighted by molar-refractivity contribution is 5.92. The van der Waals surface area contributed by atoms with Gasteiger partial charge in [0, 0.05) is 12.7 Å². The minimum Gasteiger partial charge on any atom is -0.478 e. The Kier molecular flexibility index (Phi) is 1.12. The first-order valence-corrected chi connectivity index (χ1v) is 3.38. The van der Waals surface area contributed by atoms with Crippen LogP contribution < -0.4 is 0 Å². The molecule has 0 spiro atoms. The highest BCUT2D eigenvalue weighted by Crippen LogP contribution is 2.17. The van der Waals surface area contributed by atoms with Crippen LogP contribution >= 0.6 is 0 Å². The van der Waals surface area contributed by atoms with Crippen molar-refractivity contribution in [3.05, 3.63) is 29.6 Å². The van der Waals surface area contributed by atoms with E-state index in [1.807, 2.05) is 16.7 Å². The normalized spacial score (nSPS) is 13.5. The van der Waals surface area contributed by atoms with Gasteiger partial charge in [-0.15, -0.1) is 0 Å². The van der Waals surface area contributed by atoms with Gasteiger partial charge in [0.15, 0.2) is 0 Å². The lowest BCUT2D eigenvalue weighted by molar-refractivity contribution is 0.0696. The number of fused-ring (bicyclic) bond motifs is 1. The quantitative estimate of drug-likeness (QED) is 0.652. The molecule has 1 aliphatic rings. The van der Waals surface area contributed by atoms with E-state index in [0.29, 0.717) is 5.56 Å². The maximum absolute atomic E-state index is 10.6. The maximum atomic E-state index is 10.6. The molecule has 0 unspecified atom stereocenters. The Morgan fingerprint density at radius 3 is 3.18 bits per heavy atom. The van der Waals surface area contributed by atoms with Crippen molar-refractivity contribution in [2.45, 2.75) is 6.54 Å². The monoisotopic (exact) mass is 149 g/mol. The molecule has 0 atom stereocenters. The largest absolute Gasteiger partial charge is 0.478 e. The van der Waals surface area contributed by atoms with Crippen LogP contribution in [0.25, 0.3) is 6.08 Å². The van der Waals surface area contributed by atoms with Crippen LogP contribution in [0.15, 0.2) is 18.3 Å². The molecule has 0 amide bonds. The molecule has 0 bridgehead atoms. The van der Waals surface area contributed by atoms with Gasteiger partial charge in [-0.25, -0.2) is 4.79 Å². The molecule has 2 heterocycles. The number of allylic oxidation sites excluding steroid dienone is 1. The van der Waals surface area contributed by atoms with Gasteiger partial charge < -0.3 is 9.67 Å². The Hall–Kier alpha value is -1.51. The highest BCUT2D eigenvalue weighted by atomic mass is 16.4.